The maximum Gasteiger partial charge on any atom is 0.263 e. The van der Waals surface area contributed by atoms with Crippen LogP contribution >= 0.6 is 23.1 Å². The number of thiophene rings is 1. The molecule has 1 aliphatic rings. The summed E-state index contributed by atoms with van der Waals surface area (Å²) in [6.45, 7) is 8.19. The molecule has 0 aromatic carbocycles. The van der Waals surface area contributed by atoms with E-state index in [4.69, 9.17) is 4.98 Å². The van der Waals surface area contributed by atoms with E-state index in [1.54, 1.807) is 22.0 Å². The number of carbonyl (C=O) groups is 1. The minimum absolute atomic E-state index is 0.000801. The Labute approximate surface area is 161 Å². The number of hydrogen-bond donors (Lipinski definition) is 1. The molecule has 3 rings (SSSR count). The topological polar surface area (TPSA) is 64.0 Å². The Morgan fingerprint density at radius 3 is 2.96 bits per heavy atom. The van der Waals surface area contributed by atoms with Crippen LogP contribution < -0.4 is 10.9 Å². The Morgan fingerprint density at radius 2 is 2.23 bits per heavy atom. The quantitative estimate of drug-likeness (QED) is 0.445. The zero-order valence-corrected chi connectivity index (χ0v) is 17.0. The van der Waals surface area contributed by atoms with Gasteiger partial charge in [0.15, 0.2) is 5.16 Å². The first-order chi connectivity index (χ1) is 12.5. The molecule has 1 atom stereocenters. The third-order valence-corrected chi connectivity index (χ3v) is 6.87. The summed E-state index contributed by atoms with van der Waals surface area (Å²) < 4.78 is 1.65. The molecule has 1 N–H and O–H groups in total. The van der Waals surface area contributed by atoms with Gasteiger partial charge in [-0.05, 0) is 44.6 Å². The number of aryl methyl sites for hydroxylation is 2. The zero-order valence-electron chi connectivity index (χ0n) is 15.3. The third kappa shape index (κ3) is 3.88. The van der Waals surface area contributed by atoms with Crippen LogP contribution in [-0.4, -0.2) is 27.3 Å². The predicted octanol–water partition coefficient (Wildman–Crippen LogP) is 3.53. The average Bonchev–Trinajstić information content (AvgIpc) is 3.01. The van der Waals surface area contributed by atoms with E-state index in [9.17, 15) is 9.59 Å². The number of thioether (sulfide) groups is 1. The first kappa shape index (κ1) is 19.2. The number of carbonyl (C=O) groups excluding carboxylic acids is 1. The van der Waals surface area contributed by atoms with Gasteiger partial charge in [0.05, 0.1) is 11.1 Å². The van der Waals surface area contributed by atoms with Gasteiger partial charge in [0.25, 0.3) is 5.56 Å². The summed E-state index contributed by atoms with van der Waals surface area (Å²) in [6.07, 6.45) is 6.91. The van der Waals surface area contributed by atoms with E-state index < -0.39 is 0 Å². The van der Waals surface area contributed by atoms with Crippen molar-refractivity contribution in [3.63, 3.8) is 0 Å². The van der Waals surface area contributed by atoms with Crippen LogP contribution in [0, 0.1) is 0 Å². The van der Waals surface area contributed by atoms with Gasteiger partial charge in [-0.25, -0.2) is 4.98 Å². The first-order valence-electron chi connectivity index (χ1n) is 9.13. The lowest BCUT2D eigenvalue weighted by Gasteiger charge is -2.13. The fraction of sp³-hybridized carbons (Fsp3) is 0.526. The molecule has 2 aromatic heterocycles. The van der Waals surface area contributed by atoms with Crippen LogP contribution in [0.15, 0.2) is 22.6 Å². The van der Waals surface area contributed by atoms with Gasteiger partial charge in [0, 0.05) is 17.5 Å². The Bertz CT molecular complexity index is 885. The number of fused-ring (bicyclic) bond motifs is 3. The molecule has 0 fully saturated rings. The van der Waals surface area contributed by atoms with Gasteiger partial charge in [-0.1, -0.05) is 24.8 Å². The fourth-order valence-electron chi connectivity index (χ4n) is 3.17. The third-order valence-electron chi connectivity index (χ3n) is 4.70. The second-order valence-electron chi connectivity index (χ2n) is 6.66. The van der Waals surface area contributed by atoms with Gasteiger partial charge >= 0.3 is 0 Å². The van der Waals surface area contributed by atoms with Crippen molar-refractivity contribution < 1.29 is 4.79 Å². The number of aromatic nitrogens is 2. The Hall–Kier alpha value is -1.60. The second kappa shape index (κ2) is 8.39. The highest BCUT2D eigenvalue weighted by Crippen LogP contribution is 2.34. The number of nitrogens with one attached hydrogen (secondary N) is 1. The number of hydrogen-bond acceptors (Lipinski definition) is 5. The second-order valence-corrected chi connectivity index (χ2v) is 8.68. The van der Waals surface area contributed by atoms with E-state index in [0.29, 0.717) is 11.7 Å². The van der Waals surface area contributed by atoms with E-state index in [1.165, 1.54) is 28.6 Å². The number of rotatable bonds is 7. The summed E-state index contributed by atoms with van der Waals surface area (Å²) in [6, 6.07) is 0.151. The summed E-state index contributed by atoms with van der Waals surface area (Å²) in [4.78, 5) is 32.1. The van der Waals surface area contributed by atoms with Crippen molar-refractivity contribution in [2.75, 3.05) is 5.75 Å². The molecule has 1 amide bonds. The van der Waals surface area contributed by atoms with Crippen molar-refractivity contribution >= 4 is 39.2 Å². The normalized spacial score (nSPS) is 14.8. The van der Waals surface area contributed by atoms with E-state index in [1.807, 2.05) is 13.8 Å². The number of nitrogens with zero attached hydrogens (tertiary/aromatic N) is 2. The maximum atomic E-state index is 13.1. The van der Waals surface area contributed by atoms with Crippen molar-refractivity contribution in [2.24, 2.45) is 0 Å². The first-order valence-corrected chi connectivity index (χ1v) is 10.9. The molecule has 7 heteroatoms. The molecule has 0 bridgehead atoms. The summed E-state index contributed by atoms with van der Waals surface area (Å²) in [7, 11) is 0. The molecule has 1 aliphatic carbocycles. The lowest BCUT2D eigenvalue weighted by Crippen LogP contribution is -2.33. The van der Waals surface area contributed by atoms with Crippen LogP contribution in [0.1, 0.15) is 43.6 Å². The standard InChI is InChI=1S/C19H25N3O2S2/c1-4-10-22-18(24)16-13-8-6-7-9-14(13)26-17(16)21-19(22)25-11-15(23)20-12(3)5-2/h4,12H,1,5-11H2,2-3H3,(H,20,23). The maximum absolute atomic E-state index is 13.1. The molecule has 0 aliphatic heterocycles. The van der Waals surface area contributed by atoms with Crippen molar-refractivity contribution in [3.8, 4) is 0 Å². The molecular weight excluding hydrogens is 366 g/mol. The van der Waals surface area contributed by atoms with Gasteiger partial charge in [0.1, 0.15) is 4.83 Å². The Balaban J connectivity index is 1.94. The van der Waals surface area contributed by atoms with Crippen molar-refractivity contribution in [1.29, 1.82) is 0 Å². The molecule has 0 spiro atoms. The van der Waals surface area contributed by atoms with E-state index in [0.717, 1.165) is 35.9 Å². The Kier molecular flexibility index (Phi) is 6.19. The molecule has 0 saturated carbocycles. The molecule has 1 unspecified atom stereocenters. The van der Waals surface area contributed by atoms with Gasteiger partial charge in [-0.3, -0.25) is 14.2 Å². The van der Waals surface area contributed by atoms with Crippen LogP contribution in [-0.2, 0) is 24.2 Å². The van der Waals surface area contributed by atoms with Crippen molar-refractivity contribution in [3.05, 3.63) is 33.4 Å². The smallest absolute Gasteiger partial charge is 0.263 e. The predicted molar refractivity (Wildman–Crippen MR) is 109 cm³/mol. The average molecular weight is 392 g/mol. The van der Waals surface area contributed by atoms with E-state index in [-0.39, 0.29) is 23.3 Å². The van der Waals surface area contributed by atoms with E-state index >= 15 is 0 Å². The summed E-state index contributed by atoms with van der Waals surface area (Å²) in [5.41, 5.74) is 1.19. The van der Waals surface area contributed by atoms with Crippen LogP contribution in [0.25, 0.3) is 10.2 Å². The minimum Gasteiger partial charge on any atom is -0.353 e. The van der Waals surface area contributed by atoms with Crippen molar-refractivity contribution in [2.45, 2.75) is 63.7 Å². The highest BCUT2D eigenvalue weighted by Gasteiger charge is 2.22. The summed E-state index contributed by atoms with van der Waals surface area (Å²) >= 11 is 2.96. The van der Waals surface area contributed by atoms with Crippen LogP contribution in [0.4, 0.5) is 0 Å². The zero-order chi connectivity index (χ0) is 18.7. The fourth-order valence-corrected chi connectivity index (χ4v) is 5.29. The molecular formula is C19H25N3O2S2. The SMILES string of the molecule is C=CCn1c(SCC(=O)NC(C)CC)nc2sc3c(c2c1=O)CCCC3. The van der Waals surface area contributed by atoms with Crippen molar-refractivity contribution in [1.82, 2.24) is 14.9 Å². The molecule has 140 valence electrons. The van der Waals surface area contributed by atoms with Crippen LogP contribution in [0.2, 0.25) is 0 Å². The van der Waals surface area contributed by atoms with Crippen LogP contribution in [0.3, 0.4) is 0 Å². The Morgan fingerprint density at radius 1 is 1.46 bits per heavy atom. The highest BCUT2D eigenvalue weighted by molar-refractivity contribution is 7.99. The number of amides is 1. The molecule has 0 saturated heterocycles. The largest absolute Gasteiger partial charge is 0.353 e. The highest BCUT2D eigenvalue weighted by atomic mass is 32.2. The summed E-state index contributed by atoms with van der Waals surface area (Å²) in [5.74, 6) is 0.221. The van der Waals surface area contributed by atoms with Crippen LogP contribution in [0.5, 0.6) is 0 Å². The van der Waals surface area contributed by atoms with Gasteiger partial charge in [0.2, 0.25) is 5.91 Å². The lowest BCUT2D eigenvalue weighted by molar-refractivity contribution is -0.119. The molecule has 2 heterocycles. The molecule has 26 heavy (non-hydrogen) atoms. The molecule has 0 radical (unpaired) electrons. The lowest BCUT2D eigenvalue weighted by atomic mass is 9.97. The molecule has 2 aromatic rings. The molecule has 5 nitrogen and oxygen atoms in total. The van der Waals surface area contributed by atoms with Gasteiger partial charge < -0.3 is 5.32 Å². The van der Waals surface area contributed by atoms with Gasteiger partial charge in [-0.15, -0.1) is 17.9 Å². The summed E-state index contributed by atoms with van der Waals surface area (Å²) in [5, 5.41) is 4.33. The number of allylic oxidation sites excluding steroid dienone is 1. The van der Waals surface area contributed by atoms with Gasteiger partial charge in [-0.2, -0.15) is 0 Å². The van der Waals surface area contributed by atoms with E-state index in [2.05, 4.69) is 11.9 Å². The monoisotopic (exact) mass is 391 g/mol. The minimum atomic E-state index is -0.0330.